The maximum atomic E-state index is 13.3. The van der Waals surface area contributed by atoms with Crippen molar-refractivity contribution in [1.29, 1.82) is 5.26 Å². The molecule has 1 aromatic heterocycles. The summed E-state index contributed by atoms with van der Waals surface area (Å²) >= 11 is 0. The first-order valence-corrected chi connectivity index (χ1v) is 11.2. The molecule has 0 aliphatic heterocycles. The quantitative estimate of drug-likeness (QED) is 0.278. The summed E-state index contributed by atoms with van der Waals surface area (Å²) in [5.41, 5.74) is 5.70. The van der Waals surface area contributed by atoms with Crippen LogP contribution in [0.25, 0.3) is 10.9 Å². The molecule has 0 saturated heterocycles. The van der Waals surface area contributed by atoms with Crippen LogP contribution < -0.4 is 10.5 Å². The van der Waals surface area contributed by atoms with Gasteiger partial charge < -0.3 is 15.0 Å². The van der Waals surface area contributed by atoms with Gasteiger partial charge in [-0.05, 0) is 78.2 Å². The Kier molecular flexibility index (Phi) is 7.18. The minimum atomic E-state index is -4.92. The highest BCUT2D eigenvalue weighted by Crippen LogP contribution is 2.37. The van der Waals surface area contributed by atoms with Crippen molar-refractivity contribution in [3.05, 3.63) is 100 Å². The van der Waals surface area contributed by atoms with E-state index in [-0.39, 0.29) is 24.8 Å². The number of benzene rings is 3. The molecule has 0 amide bonds. The molecule has 0 fully saturated rings. The highest BCUT2D eigenvalue weighted by molar-refractivity contribution is 5.85. The van der Waals surface area contributed by atoms with Gasteiger partial charge in [0.15, 0.2) is 0 Å². The van der Waals surface area contributed by atoms with E-state index >= 15 is 0 Å². The third-order valence-corrected chi connectivity index (χ3v) is 5.84. The first-order chi connectivity index (χ1) is 17.5. The van der Waals surface area contributed by atoms with Crippen LogP contribution in [0.5, 0.6) is 5.75 Å². The van der Waals surface area contributed by atoms with Gasteiger partial charge in [0.05, 0.1) is 22.8 Å². The number of nitrogens with zero attached hydrogens (tertiary/aromatic N) is 2. The van der Waals surface area contributed by atoms with E-state index in [1.54, 1.807) is 53.2 Å². The molecular formula is C27H21F6N3O. The number of rotatable bonds is 7. The predicted molar refractivity (Wildman–Crippen MR) is 126 cm³/mol. The Hall–Kier alpha value is -3.97. The number of halogens is 6. The Bertz CT molecular complexity index is 1410. The Morgan fingerprint density at radius 2 is 1.49 bits per heavy atom. The molecule has 1 heterocycles. The fourth-order valence-corrected chi connectivity index (χ4v) is 4.07. The van der Waals surface area contributed by atoms with Crippen LogP contribution in [0.3, 0.4) is 0 Å². The van der Waals surface area contributed by atoms with E-state index in [0.717, 1.165) is 28.6 Å². The Morgan fingerprint density at radius 3 is 2.05 bits per heavy atom. The third-order valence-electron chi connectivity index (χ3n) is 5.84. The van der Waals surface area contributed by atoms with Gasteiger partial charge in [0.25, 0.3) is 0 Å². The standard InChI is InChI=1S/C27H21F6N3O/c28-26(29,30)21-9-19(10-22(11-21)27(31,32)33)14-36-15-20(7-8-34)24-12-23(5-6-25(24)36)37-16-18-3-1-17(13-35)2-4-18/h1-6,9-12,15H,7-8,14,16,34H2. The smallest absolute Gasteiger partial charge is 0.416 e. The van der Waals surface area contributed by atoms with Crippen LogP contribution in [-0.4, -0.2) is 11.1 Å². The van der Waals surface area contributed by atoms with Crippen LogP contribution in [0, 0.1) is 11.3 Å². The van der Waals surface area contributed by atoms with E-state index < -0.39 is 23.5 Å². The number of hydrogen-bond donors (Lipinski definition) is 1. The summed E-state index contributed by atoms with van der Waals surface area (Å²) in [5.74, 6) is 0.534. The molecule has 0 spiro atoms. The SMILES string of the molecule is N#Cc1ccc(COc2ccc3c(c2)c(CCN)cn3Cc2cc(C(F)(F)F)cc(C(F)(F)F)c2)cc1. The zero-order chi connectivity index (χ0) is 26.8. The Labute approximate surface area is 208 Å². The molecule has 0 radical (unpaired) electrons. The second-order valence-electron chi connectivity index (χ2n) is 8.51. The van der Waals surface area contributed by atoms with E-state index in [1.165, 1.54) is 0 Å². The molecule has 0 saturated carbocycles. The lowest BCUT2D eigenvalue weighted by molar-refractivity contribution is -0.143. The minimum Gasteiger partial charge on any atom is -0.489 e. The van der Waals surface area contributed by atoms with Gasteiger partial charge in [-0.3, -0.25) is 0 Å². The molecule has 0 aliphatic carbocycles. The molecule has 0 atom stereocenters. The summed E-state index contributed by atoms with van der Waals surface area (Å²) in [6.07, 6.45) is -7.68. The van der Waals surface area contributed by atoms with Crippen molar-refractivity contribution in [2.75, 3.05) is 6.54 Å². The number of nitrogens with two attached hydrogens (primary N) is 1. The second kappa shape index (κ2) is 10.2. The number of ether oxygens (including phenoxy) is 1. The monoisotopic (exact) mass is 517 g/mol. The number of fused-ring (bicyclic) bond motifs is 1. The van der Waals surface area contributed by atoms with E-state index in [2.05, 4.69) is 0 Å². The summed E-state index contributed by atoms with van der Waals surface area (Å²) in [7, 11) is 0. The molecule has 0 bridgehead atoms. The lowest BCUT2D eigenvalue weighted by Gasteiger charge is -2.15. The largest absolute Gasteiger partial charge is 0.489 e. The molecule has 192 valence electrons. The lowest BCUT2D eigenvalue weighted by Crippen LogP contribution is -2.12. The van der Waals surface area contributed by atoms with Crippen molar-refractivity contribution < 1.29 is 31.1 Å². The van der Waals surface area contributed by atoms with Crippen LogP contribution in [-0.2, 0) is 31.9 Å². The Balaban J connectivity index is 1.66. The van der Waals surface area contributed by atoms with Crippen molar-refractivity contribution >= 4 is 10.9 Å². The number of hydrogen-bond acceptors (Lipinski definition) is 3. The van der Waals surface area contributed by atoms with E-state index in [0.29, 0.717) is 29.8 Å². The van der Waals surface area contributed by atoms with Crippen LogP contribution >= 0.6 is 0 Å². The summed E-state index contributed by atoms with van der Waals surface area (Å²) in [6.45, 7) is 0.353. The summed E-state index contributed by atoms with van der Waals surface area (Å²) in [4.78, 5) is 0. The average molecular weight is 517 g/mol. The first kappa shape index (κ1) is 26.1. The molecule has 37 heavy (non-hydrogen) atoms. The molecular weight excluding hydrogens is 496 g/mol. The van der Waals surface area contributed by atoms with E-state index in [9.17, 15) is 26.3 Å². The number of nitriles is 1. The maximum Gasteiger partial charge on any atom is 0.416 e. The van der Waals surface area contributed by atoms with Crippen molar-refractivity contribution in [2.45, 2.75) is 31.9 Å². The van der Waals surface area contributed by atoms with Crippen molar-refractivity contribution in [3.8, 4) is 11.8 Å². The molecule has 2 N–H and O–H groups in total. The van der Waals surface area contributed by atoms with E-state index in [4.69, 9.17) is 15.7 Å². The van der Waals surface area contributed by atoms with Gasteiger partial charge in [-0.2, -0.15) is 31.6 Å². The molecule has 0 unspecified atom stereocenters. The normalized spacial score (nSPS) is 12.1. The highest BCUT2D eigenvalue weighted by Gasteiger charge is 2.36. The zero-order valence-corrected chi connectivity index (χ0v) is 19.3. The van der Waals surface area contributed by atoms with Gasteiger partial charge in [-0.25, -0.2) is 0 Å². The van der Waals surface area contributed by atoms with Crippen LogP contribution in [0.4, 0.5) is 26.3 Å². The molecule has 4 aromatic rings. The molecule has 0 aliphatic rings. The Morgan fingerprint density at radius 1 is 0.838 bits per heavy atom. The van der Waals surface area contributed by atoms with E-state index in [1.807, 2.05) is 6.07 Å². The van der Waals surface area contributed by atoms with Gasteiger partial charge in [-0.15, -0.1) is 0 Å². The summed E-state index contributed by atoms with van der Waals surface area (Å²) in [6, 6.07) is 15.7. The van der Waals surface area contributed by atoms with Gasteiger partial charge in [-0.1, -0.05) is 12.1 Å². The fourth-order valence-electron chi connectivity index (χ4n) is 4.07. The topological polar surface area (TPSA) is 64.0 Å². The lowest BCUT2D eigenvalue weighted by atomic mass is 10.0. The predicted octanol–water partition coefficient (Wildman–Crippen LogP) is 6.68. The summed E-state index contributed by atoms with van der Waals surface area (Å²) in [5, 5.41) is 9.65. The maximum absolute atomic E-state index is 13.3. The third kappa shape index (κ3) is 6.06. The van der Waals surface area contributed by atoms with Gasteiger partial charge in [0.2, 0.25) is 0 Å². The van der Waals surface area contributed by atoms with Gasteiger partial charge in [0.1, 0.15) is 12.4 Å². The highest BCUT2D eigenvalue weighted by atomic mass is 19.4. The molecule has 4 rings (SSSR count). The number of alkyl halides is 6. The van der Waals surface area contributed by atoms with Crippen LogP contribution in [0.2, 0.25) is 0 Å². The zero-order valence-electron chi connectivity index (χ0n) is 19.3. The second-order valence-corrected chi connectivity index (χ2v) is 8.51. The molecule has 3 aromatic carbocycles. The number of aromatic nitrogens is 1. The van der Waals surface area contributed by atoms with Crippen molar-refractivity contribution in [2.24, 2.45) is 5.73 Å². The average Bonchev–Trinajstić information content (AvgIpc) is 3.18. The van der Waals surface area contributed by atoms with Crippen molar-refractivity contribution in [3.63, 3.8) is 0 Å². The minimum absolute atomic E-state index is 0.120. The van der Waals surface area contributed by atoms with Crippen molar-refractivity contribution in [1.82, 2.24) is 4.57 Å². The molecule has 4 nitrogen and oxygen atoms in total. The van der Waals surface area contributed by atoms with Crippen LogP contribution in [0.15, 0.2) is 66.9 Å². The first-order valence-electron chi connectivity index (χ1n) is 11.2. The van der Waals surface area contributed by atoms with Gasteiger partial charge >= 0.3 is 12.4 Å². The fraction of sp³-hybridized carbons (Fsp3) is 0.222. The van der Waals surface area contributed by atoms with Crippen LogP contribution in [0.1, 0.15) is 33.4 Å². The molecule has 10 heteroatoms. The summed E-state index contributed by atoms with van der Waals surface area (Å²) < 4.78 is 87.2. The van der Waals surface area contributed by atoms with Gasteiger partial charge in [0, 0.05) is 23.6 Å².